The highest BCUT2D eigenvalue weighted by molar-refractivity contribution is 7.47. The lowest BCUT2D eigenvalue weighted by atomic mass is 10.1. The Kier molecular flexibility index (Phi) is 5.00. The molecule has 2 heterocycles. The molecule has 22 heavy (non-hydrogen) atoms. The summed E-state index contributed by atoms with van der Waals surface area (Å²) in [4.78, 5) is 24.8. The second kappa shape index (κ2) is 6.45. The molecule has 1 aromatic rings. The Balaban J connectivity index is 2.29. The van der Waals surface area contributed by atoms with E-state index in [0.717, 1.165) is 11.7 Å². The molecule has 0 aliphatic carbocycles. The predicted molar refractivity (Wildman–Crippen MR) is 74.8 cm³/mol. The molecule has 1 aliphatic rings. The molecule has 1 fully saturated rings. The molecule has 1 aliphatic heterocycles. The molecule has 0 saturated carbocycles. The zero-order valence-corrected chi connectivity index (χ0v) is 12.9. The van der Waals surface area contributed by atoms with Gasteiger partial charge in [0.05, 0.1) is 6.10 Å². The maximum Gasteiger partial charge on any atom is 0.472 e. The van der Waals surface area contributed by atoms with Crippen molar-refractivity contribution in [2.45, 2.75) is 37.9 Å². The number of nitrogens with two attached hydrogens (primary N) is 1. The Morgan fingerprint density at radius 2 is 2.27 bits per heavy atom. The summed E-state index contributed by atoms with van der Waals surface area (Å²) in [7, 11) is -3.30. The highest BCUT2D eigenvalue weighted by Crippen LogP contribution is 2.47. The van der Waals surface area contributed by atoms with Crippen LogP contribution in [0.4, 0.5) is 5.82 Å². The van der Waals surface area contributed by atoms with Gasteiger partial charge in [0, 0.05) is 13.3 Å². The summed E-state index contributed by atoms with van der Waals surface area (Å²) in [5.74, 6) is 0.0350. The smallest absolute Gasteiger partial charge is 0.386 e. The van der Waals surface area contributed by atoms with Crippen molar-refractivity contribution in [3.05, 3.63) is 22.7 Å². The Morgan fingerprint density at radius 1 is 1.59 bits per heavy atom. The summed E-state index contributed by atoms with van der Waals surface area (Å²) in [6.45, 7) is 1.75. The normalized spacial score (nSPS) is 31.1. The molecule has 11 heteroatoms. The molecule has 0 spiro atoms. The van der Waals surface area contributed by atoms with E-state index < -0.39 is 38.1 Å². The van der Waals surface area contributed by atoms with E-state index in [-0.39, 0.29) is 5.82 Å². The summed E-state index contributed by atoms with van der Waals surface area (Å²) < 4.78 is 27.4. The van der Waals surface area contributed by atoms with E-state index in [1.165, 1.54) is 12.3 Å². The number of nitrogens with zero attached hydrogens (tertiary/aromatic N) is 2. The van der Waals surface area contributed by atoms with Gasteiger partial charge in [-0.2, -0.15) is 4.98 Å². The van der Waals surface area contributed by atoms with E-state index in [0.29, 0.717) is 6.42 Å². The van der Waals surface area contributed by atoms with Crippen LogP contribution in [0.5, 0.6) is 0 Å². The third-order valence-corrected chi connectivity index (χ3v) is 4.29. The third kappa shape index (κ3) is 3.37. The molecule has 2 rings (SSSR count). The number of phosphoric ester groups is 1. The first kappa shape index (κ1) is 17.1. The fraction of sp³-hybridized carbons (Fsp3) is 0.636. The number of hydrogen-bond acceptors (Lipinski definition) is 8. The number of phosphoric acid groups is 1. The van der Waals surface area contributed by atoms with Crippen LogP contribution in [-0.2, 0) is 18.3 Å². The van der Waals surface area contributed by atoms with Gasteiger partial charge in [0.25, 0.3) is 0 Å². The van der Waals surface area contributed by atoms with Gasteiger partial charge >= 0.3 is 13.5 Å². The molecule has 0 radical (unpaired) electrons. The Morgan fingerprint density at radius 3 is 2.82 bits per heavy atom. The van der Waals surface area contributed by atoms with Crippen molar-refractivity contribution < 1.29 is 28.3 Å². The van der Waals surface area contributed by atoms with Crippen molar-refractivity contribution in [2.75, 3.05) is 12.8 Å². The van der Waals surface area contributed by atoms with Crippen molar-refractivity contribution >= 4 is 13.6 Å². The van der Waals surface area contributed by atoms with E-state index in [1.807, 2.05) is 0 Å². The van der Waals surface area contributed by atoms with Gasteiger partial charge in [0.15, 0.2) is 6.23 Å². The fourth-order valence-electron chi connectivity index (χ4n) is 2.22. The number of hydrogen-bond donors (Lipinski definition) is 3. The molecular weight excluding hydrogens is 317 g/mol. The molecular formula is C11H18N3O7P. The van der Waals surface area contributed by atoms with E-state index in [4.69, 9.17) is 15.0 Å². The first-order valence-electron chi connectivity index (χ1n) is 6.54. The van der Waals surface area contributed by atoms with Crippen molar-refractivity contribution in [2.24, 2.45) is 0 Å². The molecule has 1 aromatic heterocycles. The summed E-state index contributed by atoms with van der Waals surface area (Å²) in [6, 6.07) is 1.37. The number of aliphatic hydroxyl groups excluding tert-OH is 1. The van der Waals surface area contributed by atoms with Crippen LogP contribution in [0.3, 0.4) is 0 Å². The van der Waals surface area contributed by atoms with Crippen LogP contribution in [0.1, 0.15) is 19.6 Å². The minimum Gasteiger partial charge on any atom is -0.386 e. The fourth-order valence-corrected chi connectivity index (χ4v) is 2.88. The van der Waals surface area contributed by atoms with Crippen molar-refractivity contribution in [1.82, 2.24) is 9.55 Å². The standard InChI is InChI=1S/C11H18N3O7P/c1-3-6-9(21-22(17,18)19-2)8(15)10(20-6)14-5-4-7(12)13-11(14)16/h4-6,8-10,15H,3H2,1-2H3,(H,17,18)(H2,12,13,16)/t6-,8?,9+,10+/m1/s1. The van der Waals surface area contributed by atoms with Gasteiger partial charge in [-0.25, -0.2) is 9.36 Å². The summed E-state index contributed by atoms with van der Waals surface area (Å²) in [6.07, 6.45) is -2.58. The average Bonchev–Trinajstić information content (AvgIpc) is 2.76. The summed E-state index contributed by atoms with van der Waals surface area (Å²) >= 11 is 0. The number of anilines is 1. The first-order chi connectivity index (χ1) is 10.3. The van der Waals surface area contributed by atoms with Crippen LogP contribution in [0.15, 0.2) is 17.1 Å². The minimum atomic E-state index is -4.31. The Labute approximate surface area is 126 Å². The van der Waals surface area contributed by atoms with E-state index in [1.54, 1.807) is 6.92 Å². The van der Waals surface area contributed by atoms with E-state index >= 15 is 0 Å². The lowest BCUT2D eigenvalue weighted by Crippen LogP contribution is -2.36. The Hall–Kier alpha value is -1.29. The number of rotatable bonds is 5. The van der Waals surface area contributed by atoms with E-state index in [2.05, 4.69) is 9.51 Å². The molecule has 0 bridgehead atoms. The van der Waals surface area contributed by atoms with Gasteiger partial charge in [-0.1, -0.05) is 6.92 Å². The van der Waals surface area contributed by atoms with Gasteiger partial charge in [-0.3, -0.25) is 13.6 Å². The van der Waals surface area contributed by atoms with Crippen molar-refractivity contribution in [3.8, 4) is 0 Å². The maximum absolute atomic E-state index is 11.8. The zero-order valence-electron chi connectivity index (χ0n) is 12.0. The first-order valence-corrected chi connectivity index (χ1v) is 8.03. The van der Waals surface area contributed by atoms with Crippen LogP contribution >= 0.6 is 7.82 Å². The van der Waals surface area contributed by atoms with Gasteiger partial charge in [0.1, 0.15) is 18.0 Å². The molecule has 10 nitrogen and oxygen atoms in total. The average molecular weight is 335 g/mol. The molecule has 5 atom stereocenters. The highest BCUT2D eigenvalue weighted by Gasteiger charge is 2.48. The largest absolute Gasteiger partial charge is 0.472 e. The second-order valence-corrected chi connectivity index (χ2v) is 6.24. The van der Waals surface area contributed by atoms with Crippen molar-refractivity contribution in [3.63, 3.8) is 0 Å². The van der Waals surface area contributed by atoms with Crippen molar-refractivity contribution in [1.29, 1.82) is 0 Å². The van der Waals surface area contributed by atoms with Gasteiger partial charge in [0.2, 0.25) is 0 Å². The molecule has 1 saturated heterocycles. The SMILES string of the molecule is CC[C@H]1O[C@H](n2ccc(N)nc2=O)C(O)[C@H]1OP(=O)(O)OC. The topological polar surface area (TPSA) is 146 Å². The monoisotopic (exact) mass is 335 g/mol. The van der Waals surface area contributed by atoms with Crippen LogP contribution in [0.25, 0.3) is 0 Å². The van der Waals surface area contributed by atoms with Crippen LogP contribution in [-0.4, -0.2) is 45.0 Å². The number of aliphatic hydroxyl groups is 1. The van der Waals surface area contributed by atoms with E-state index in [9.17, 15) is 19.4 Å². The summed E-state index contributed by atoms with van der Waals surface area (Å²) in [5.41, 5.74) is 4.69. The number of aromatic nitrogens is 2. The minimum absolute atomic E-state index is 0.0350. The van der Waals surface area contributed by atoms with Gasteiger partial charge in [-0.15, -0.1) is 0 Å². The third-order valence-electron chi connectivity index (χ3n) is 3.32. The molecule has 0 amide bonds. The number of ether oxygens (including phenoxy) is 1. The van der Waals surface area contributed by atoms with Crippen LogP contribution in [0, 0.1) is 0 Å². The second-order valence-electron chi connectivity index (χ2n) is 4.73. The van der Waals surface area contributed by atoms with Gasteiger partial charge in [-0.05, 0) is 12.5 Å². The lowest BCUT2D eigenvalue weighted by molar-refractivity contribution is -0.0403. The lowest BCUT2D eigenvalue weighted by Gasteiger charge is -2.21. The predicted octanol–water partition coefficient (Wildman–Crippen LogP) is -0.374. The zero-order chi connectivity index (χ0) is 16.5. The van der Waals surface area contributed by atoms with Gasteiger partial charge < -0.3 is 20.5 Å². The molecule has 4 N–H and O–H groups in total. The maximum atomic E-state index is 11.8. The highest BCUT2D eigenvalue weighted by atomic mass is 31.2. The summed E-state index contributed by atoms with van der Waals surface area (Å²) in [5, 5.41) is 10.3. The quantitative estimate of drug-likeness (QED) is 0.613. The van der Waals surface area contributed by atoms with Crippen LogP contribution in [0.2, 0.25) is 0 Å². The van der Waals surface area contributed by atoms with Crippen LogP contribution < -0.4 is 11.4 Å². The molecule has 124 valence electrons. The number of nitrogen functional groups attached to an aromatic ring is 1. The molecule has 2 unspecified atom stereocenters. The Bertz CT molecular complexity index is 636. The molecule has 0 aromatic carbocycles.